The molecular weight excluding hydrogens is 532 g/mol. The molecule has 1 aromatic carbocycles. The summed E-state index contributed by atoms with van der Waals surface area (Å²) in [5.41, 5.74) is 5.21. The monoisotopic (exact) mass is 570 g/mol. The standard InChI is InChI=1S/C29H38N4O6S/c1-6-37-9-10-38-24-12-20(27-19(5)31-16-40-27)7-8-21(24)14-30-28(35)23-13-22(34)15-33(23)29(36)26(17(2)3)25-11-18(4)32-39-25/h7-8,11-12,16-17,22-23,26,34H,6,9-10,13-15H2,1-5H3,(H,30,35)/t22-,23+,26+/m1/s1. The molecule has 2 amide bonds. The number of β-amino-alcohol motifs (C(OH)–C–C–N with tert-alkyl or cyclic N) is 1. The maximum absolute atomic E-state index is 13.6. The van der Waals surface area contributed by atoms with Crippen LogP contribution in [0.5, 0.6) is 5.75 Å². The van der Waals surface area contributed by atoms with Crippen molar-refractivity contribution in [1.29, 1.82) is 0 Å². The first kappa shape index (κ1) is 29.7. The van der Waals surface area contributed by atoms with Crippen LogP contribution in [0.3, 0.4) is 0 Å². The molecule has 0 aliphatic carbocycles. The van der Waals surface area contributed by atoms with Gasteiger partial charge in [0.1, 0.15) is 30.1 Å². The second-order valence-corrected chi connectivity index (χ2v) is 11.2. The summed E-state index contributed by atoms with van der Waals surface area (Å²) in [6, 6.07) is 6.82. The van der Waals surface area contributed by atoms with Crippen LogP contribution >= 0.6 is 11.3 Å². The Morgan fingerprint density at radius 2 is 2.05 bits per heavy atom. The number of thiazole rings is 1. The van der Waals surface area contributed by atoms with Crippen molar-refractivity contribution < 1.29 is 28.7 Å². The number of amides is 2. The Morgan fingerprint density at radius 3 is 2.70 bits per heavy atom. The van der Waals surface area contributed by atoms with Gasteiger partial charge in [0.15, 0.2) is 0 Å². The number of rotatable bonds is 12. The zero-order valence-corrected chi connectivity index (χ0v) is 24.5. The van der Waals surface area contributed by atoms with Gasteiger partial charge in [-0.25, -0.2) is 4.98 Å². The Kier molecular flexibility index (Phi) is 9.94. The minimum absolute atomic E-state index is 0.0848. The van der Waals surface area contributed by atoms with Gasteiger partial charge in [-0.05, 0) is 38.3 Å². The molecule has 0 spiro atoms. The first-order valence-electron chi connectivity index (χ1n) is 13.6. The summed E-state index contributed by atoms with van der Waals surface area (Å²) in [5, 5.41) is 17.3. The van der Waals surface area contributed by atoms with E-state index in [1.54, 1.807) is 24.3 Å². The van der Waals surface area contributed by atoms with Crippen LogP contribution in [-0.4, -0.2) is 70.5 Å². The summed E-state index contributed by atoms with van der Waals surface area (Å²) in [6.45, 7) is 11.2. The highest BCUT2D eigenvalue weighted by Gasteiger charge is 2.43. The average Bonchev–Trinajstić information content (AvgIpc) is 3.65. The Morgan fingerprint density at radius 1 is 1.25 bits per heavy atom. The van der Waals surface area contributed by atoms with Crippen molar-refractivity contribution in [3.8, 4) is 16.2 Å². The molecule has 4 rings (SSSR count). The zero-order chi connectivity index (χ0) is 28.8. The summed E-state index contributed by atoms with van der Waals surface area (Å²) < 4.78 is 16.9. The van der Waals surface area contributed by atoms with E-state index in [4.69, 9.17) is 14.0 Å². The predicted molar refractivity (Wildman–Crippen MR) is 151 cm³/mol. The number of hydrogen-bond donors (Lipinski definition) is 2. The molecule has 3 heterocycles. The lowest BCUT2D eigenvalue weighted by Crippen LogP contribution is -2.48. The van der Waals surface area contributed by atoms with Crippen LogP contribution < -0.4 is 10.1 Å². The normalized spacial score (nSPS) is 17.8. The Balaban J connectivity index is 1.49. The van der Waals surface area contributed by atoms with Gasteiger partial charge in [0, 0.05) is 37.7 Å². The molecule has 3 aromatic rings. The van der Waals surface area contributed by atoms with E-state index in [0.29, 0.717) is 37.0 Å². The molecule has 0 radical (unpaired) electrons. The number of benzene rings is 1. The van der Waals surface area contributed by atoms with Gasteiger partial charge in [0.25, 0.3) is 0 Å². The number of carbonyl (C=O) groups is 2. The molecule has 1 aliphatic heterocycles. The van der Waals surface area contributed by atoms with Crippen molar-refractivity contribution in [1.82, 2.24) is 20.4 Å². The van der Waals surface area contributed by atoms with E-state index in [1.807, 2.05) is 51.4 Å². The Bertz CT molecular complexity index is 1310. The van der Waals surface area contributed by atoms with Gasteiger partial charge in [-0.15, -0.1) is 11.3 Å². The number of nitrogens with zero attached hydrogens (tertiary/aromatic N) is 3. The molecule has 3 atom stereocenters. The average molecular weight is 571 g/mol. The van der Waals surface area contributed by atoms with E-state index in [2.05, 4.69) is 15.5 Å². The van der Waals surface area contributed by atoms with Crippen LogP contribution in [-0.2, 0) is 20.9 Å². The molecule has 216 valence electrons. The third-order valence-electron chi connectivity index (χ3n) is 6.97. The first-order valence-corrected chi connectivity index (χ1v) is 14.5. The highest BCUT2D eigenvalue weighted by atomic mass is 32.1. The molecule has 10 nitrogen and oxygen atoms in total. The van der Waals surface area contributed by atoms with Crippen LogP contribution in [0.25, 0.3) is 10.4 Å². The number of aliphatic hydroxyl groups excluding tert-OH is 1. The van der Waals surface area contributed by atoms with Gasteiger partial charge >= 0.3 is 0 Å². The van der Waals surface area contributed by atoms with E-state index in [1.165, 1.54) is 4.90 Å². The topological polar surface area (TPSA) is 127 Å². The fraction of sp³-hybridized carbons (Fsp3) is 0.517. The smallest absolute Gasteiger partial charge is 0.243 e. The van der Waals surface area contributed by atoms with Crippen molar-refractivity contribution in [3.63, 3.8) is 0 Å². The molecule has 2 N–H and O–H groups in total. The molecular formula is C29H38N4O6S. The van der Waals surface area contributed by atoms with E-state index >= 15 is 0 Å². The van der Waals surface area contributed by atoms with E-state index in [-0.39, 0.29) is 37.2 Å². The number of likely N-dealkylation sites (tertiary alicyclic amines) is 1. The Hall–Kier alpha value is -3.28. The second kappa shape index (κ2) is 13.4. The van der Waals surface area contributed by atoms with Crippen molar-refractivity contribution >= 4 is 23.2 Å². The number of carbonyl (C=O) groups excluding carboxylic acids is 2. The maximum Gasteiger partial charge on any atom is 0.243 e. The van der Waals surface area contributed by atoms with Crippen LogP contribution in [0.1, 0.15) is 55.8 Å². The lowest BCUT2D eigenvalue weighted by atomic mass is 9.91. The fourth-order valence-corrected chi connectivity index (χ4v) is 5.76. The number of aromatic nitrogens is 2. The highest BCUT2D eigenvalue weighted by Crippen LogP contribution is 2.33. The second-order valence-electron chi connectivity index (χ2n) is 10.3. The SMILES string of the molecule is CCOCCOc1cc(-c2scnc2C)ccc1CNC(=O)[C@@H]1C[C@@H](O)CN1C(=O)[C@H](c1cc(C)no1)C(C)C. The Labute approximate surface area is 238 Å². The third kappa shape index (κ3) is 6.89. The number of hydrogen-bond acceptors (Lipinski definition) is 9. The van der Waals surface area contributed by atoms with Crippen LogP contribution in [0.15, 0.2) is 34.3 Å². The lowest BCUT2D eigenvalue weighted by Gasteiger charge is -2.28. The van der Waals surface area contributed by atoms with E-state index in [9.17, 15) is 14.7 Å². The van der Waals surface area contributed by atoms with Crippen molar-refractivity contribution in [2.75, 3.05) is 26.4 Å². The lowest BCUT2D eigenvalue weighted by molar-refractivity contribution is -0.141. The highest BCUT2D eigenvalue weighted by molar-refractivity contribution is 7.13. The molecule has 40 heavy (non-hydrogen) atoms. The molecule has 2 aromatic heterocycles. The number of aliphatic hydroxyl groups is 1. The molecule has 1 saturated heterocycles. The summed E-state index contributed by atoms with van der Waals surface area (Å²) in [6.07, 6.45) is -0.623. The fourth-order valence-electron chi connectivity index (χ4n) is 4.96. The molecule has 0 bridgehead atoms. The number of aryl methyl sites for hydroxylation is 2. The van der Waals surface area contributed by atoms with Crippen LogP contribution in [0.4, 0.5) is 0 Å². The summed E-state index contributed by atoms with van der Waals surface area (Å²) in [5.74, 6) is -0.169. The van der Waals surface area contributed by atoms with E-state index in [0.717, 1.165) is 21.7 Å². The number of nitrogens with one attached hydrogen (secondary N) is 1. The maximum atomic E-state index is 13.6. The largest absolute Gasteiger partial charge is 0.491 e. The summed E-state index contributed by atoms with van der Waals surface area (Å²) in [7, 11) is 0. The number of ether oxygens (including phenoxy) is 2. The summed E-state index contributed by atoms with van der Waals surface area (Å²) in [4.78, 5) is 33.9. The van der Waals surface area contributed by atoms with Crippen molar-refractivity contribution in [2.45, 2.75) is 65.6 Å². The molecule has 0 unspecified atom stereocenters. The third-order valence-corrected chi connectivity index (χ3v) is 7.95. The van der Waals surface area contributed by atoms with E-state index < -0.39 is 18.1 Å². The van der Waals surface area contributed by atoms with Gasteiger partial charge in [0.2, 0.25) is 11.8 Å². The zero-order valence-electron chi connectivity index (χ0n) is 23.7. The first-order chi connectivity index (χ1) is 19.2. The summed E-state index contributed by atoms with van der Waals surface area (Å²) >= 11 is 1.56. The minimum Gasteiger partial charge on any atom is -0.491 e. The molecule has 11 heteroatoms. The van der Waals surface area contributed by atoms with Gasteiger partial charge in [0.05, 0.1) is 34.5 Å². The molecule has 0 saturated carbocycles. The van der Waals surface area contributed by atoms with Crippen molar-refractivity contribution in [2.24, 2.45) is 5.92 Å². The molecule has 1 aliphatic rings. The van der Waals surface area contributed by atoms with Gasteiger partial charge in [-0.2, -0.15) is 0 Å². The molecule has 1 fully saturated rings. The minimum atomic E-state index is -0.797. The van der Waals surface area contributed by atoms with Gasteiger partial charge in [-0.3, -0.25) is 9.59 Å². The van der Waals surface area contributed by atoms with Gasteiger partial charge < -0.3 is 29.3 Å². The quantitative estimate of drug-likeness (QED) is 0.315. The predicted octanol–water partition coefficient (Wildman–Crippen LogP) is 3.85. The van der Waals surface area contributed by atoms with Crippen molar-refractivity contribution in [3.05, 3.63) is 52.5 Å². The van der Waals surface area contributed by atoms with Gasteiger partial charge in [-0.1, -0.05) is 31.1 Å². The van der Waals surface area contributed by atoms with Crippen LogP contribution in [0.2, 0.25) is 0 Å². The van der Waals surface area contributed by atoms with Crippen LogP contribution in [0, 0.1) is 19.8 Å².